The zero-order valence-corrected chi connectivity index (χ0v) is 18.3. The molecule has 1 fully saturated rings. The second-order valence-corrected chi connectivity index (χ2v) is 10.0. The number of hydrogen-bond acceptors (Lipinski definition) is 6. The van der Waals surface area contributed by atoms with E-state index in [9.17, 15) is 8.42 Å². The van der Waals surface area contributed by atoms with Crippen molar-refractivity contribution in [3.05, 3.63) is 46.4 Å². The molecule has 4 rings (SSSR count). The van der Waals surface area contributed by atoms with Crippen LogP contribution in [0.2, 0.25) is 5.02 Å². The van der Waals surface area contributed by atoms with Crippen LogP contribution in [0.1, 0.15) is 35.8 Å². The topological polar surface area (TPSA) is 78.4 Å². The van der Waals surface area contributed by atoms with E-state index < -0.39 is 10.0 Å². The van der Waals surface area contributed by atoms with Gasteiger partial charge < -0.3 is 10.2 Å². The quantitative estimate of drug-likeness (QED) is 0.795. The number of halogens is 1. The number of rotatable bonds is 4. The Morgan fingerprint density at radius 1 is 1.14 bits per heavy atom. The molecule has 0 atom stereocenters. The van der Waals surface area contributed by atoms with E-state index in [1.807, 2.05) is 7.05 Å². The van der Waals surface area contributed by atoms with Gasteiger partial charge in [-0.1, -0.05) is 23.7 Å². The zero-order valence-electron chi connectivity index (χ0n) is 16.7. The summed E-state index contributed by atoms with van der Waals surface area (Å²) < 4.78 is 27.8. The summed E-state index contributed by atoms with van der Waals surface area (Å²) in [5, 5.41) is 3.43. The van der Waals surface area contributed by atoms with Crippen molar-refractivity contribution in [3.8, 4) is 0 Å². The lowest BCUT2D eigenvalue weighted by atomic mass is 9.95. The number of anilines is 1. The number of aromatic nitrogens is 2. The van der Waals surface area contributed by atoms with Crippen molar-refractivity contribution < 1.29 is 8.42 Å². The van der Waals surface area contributed by atoms with Gasteiger partial charge in [-0.3, -0.25) is 0 Å². The van der Waals surface area contributed by atoms with Gasteiger partial charge in [0.15, 0.2) is 0 Å². The highest BCUT2D eigenvalue weighted by atomic mass is 35.5. The minimum absolute atomic E-state index is 0.142. The van der Waals surface area contributed by atoms with E-state index in [4.69, 9.17) is 21.6 Å². The average molecular weight is 436 g/mol. The predicted molar refractivity (Wildman–Crippen MR) is 114 cm³/mol. The largest absolute Gasteiger partial charge is 0.373 e. The first-order chi connectivity index (χ1) is 13.9. The van der Waals surface area contributed by atoms with Crippen LogP contribution in [0.25, 0.3) is 0 Å². The van der Waals surface area contributed by atoms with Crippen molar-refractivity contribution in [1.82, 2.24) is 19.2 Å². The fraction of sp³-hybridized carbons (Fsp3) is 0.500. The molecule has 1 aromatic carbocycles. The fourth-order valence-electron chi connectivity index (χ4n) is 4.08. The minimum Gasteiger partial charge on any atom is -0.373 e. The molecule has 0 aliphatic carbocycles. The van der Waals surface area contributed by atoms with E-state index in [0.717, 1.165) is 48.8 Å². The van der Waals surface area contributed by atoms with Crippen molar-refractivity contribution in [1.29, 1.82) is 0 Å². The van der Waals surface area contributed by atoms with Gasteiger partial charge in [0.05, 0.1) is 17.3 Å². The van der Waals surface area contributed by atoms with Crippen LogP contribution in [0.3, 0.4) is 0 Å². The summed E-state index contributed by atoms with van der Waals surface area (Å²) in [6.45, 7) is 2.66. The molecular weight excluding hydrogens is 410 g/mol. The summed E-state index contributed by atoms with van der Waals surface area (Å²) in [4.78, 5) is 12.1. The molecule has 0 unspecified atom stereocenters. The Hall–Kier alpha value is -1.74. The third kappa shape index (κ3) is 3.99. The summed E-state index contributed by atoms with van der Waals surface area (Å²) >= 11 is 6.17. The van der Waals surface area contributed by atoms with Gasteiger partial charge in [0.2, 0.25) is 10.0 Å². The van der Waals surface area contributed by atoms with Crippen LogP contribution >= 0.6 is 11.6 Å². The molecule has 156 valence electrons. The predicted octanol–water partition coefficient (Wildman–Crippen LogP) is 2.73. The molecule has 0 bridgehead atoms. The summed E-state index contributed by atoms with van der Waals surface area (Å²) in [6, 6.07) is 6.57. The number of benzene rings is 1. The van der Waals surface area contributed by atoms with Crippen LogP contribution in [-0.4, -0.2) is 61.3 Å². The molecule has 0 spiro atoms. The monoisotopic (exact) mass is 435 g/mol. The van der Waals surface area contributed by atoms with Gasteiger partial charge >= 0.3 is 0 Å². The van der Waals surface area contributed by atoms with Crippen LogP contribution in [0, 0.1) is 0 Å². The van der Waals surface area contributed by atoms with E-state index in [-0.39, 0.29) is 16.5 Å². The molecule has 2 aromatic rings. The number of piperidine rings is 1. The molecular formula is C20H26ClN5O2S. The maximum Gasteiger partial charge on any atom is 0.244 e. The maximum absolute atomic E-state index is 13.2. The van der Waals surface area contributed by atoms with E-state index >= 15 is 0 Å². The van der Waals surface area contributed by atoms with Crippen LogP contribution < -0.4 is 5.32 Å². The van der Waals surface area contributed by atoms with Gasteiger partial charge in [-0.25, -0.2) is 18.4 Å². The third-order valence-electron chi connectivity index (χ3n) is 5.82. The van der Waals surface area contributed by atoms with Crippen molar-refractivity contribution in [2.24, 2.45) is 0 Å². The first-order valence-electron chi connectivity index (χ1n) is 9.91. The van der Waals surface area contributed by atoms with Gasteiger partial charge in [0.25, 0.3) is 0 Å². The van der Waals surface area contributed by atoms with Gasteiger partial charge in [-0.2, -0.15) is 4.31 Å². The van der Waals surface area contributed by atoms with Crippen LogP contribution in [-0.2, 0) is 23.0 Å². The Bertz CT molecular complexity index is 1010. The molecule has 7 nitrogen and oxygen atoms in total. The smallest absolute Gasteiger partial charge is 0.244 e. The Morgan fingerprint density at radius 2 is 1.86 bits per heavy atom. The number of nitrogens with zero attached hydrogens (tertiary/aromatic N) is 4. The SMILES string of the molecule is CNc1nc(C2CCN(C)CC2)nc2c1CCN(S(=O)(=O)c1ccccc1Cl)C2. The molecule has 9 heteroatoms. The first kappa shape index (κ1) is 20.5. The zero-order chi connectivity index (χ0) is 20.6. The standard InChI is InChI=1S/C20H26ClN5O2S/c1-22-20-15-9-12-26(29(27,28)18-6-4-3-5-16(18)21)13-17(15)23-19(24-20)14-7-10-25(2)11-8-14/h3-6,14H,7-13H2,1-2H3,(H,22,23,24). The van der Waals surface area contributed by atoms with Crippen molar-refractivity contribution >= 4 is 27.4 Å². The second kappa shape index (κ2) is 8.18. The molecule has 1 saturated heterocycles. The highest BCUT2D eigenvalue weighted by Gasteiger charge is 2.33. The average Bonchev–Trinajstić information content (AvgIpc) is 2.73. The molecule has 2 aliphatic rings. The summed E-state index contributed by atoms with van der Waals surface area (Å²) in [7, 11) is 0.294. The molecule has 0 radical (unpaired) electrons. The molecule has 2 aliphatic heterocycles. The maximum atomic E-state index is 13.2. The number of likely N-dealkylation sites (tertiary alicyclic amines) is 1. The molecule has 3 heterocycles. The molecule has 1 aromatic heterocycles. The lowest BCUT2D eigenvalue weighted by Crippen LogP contribution is -2.37. The second-order valence-electron chi connectivity index (χ2n) is 7.70. The number of hydrogen-bond donors (Lipinski definition) is 1. The number of sulfonamides is 1. The highest BCUT2D eigenvalue weighted by molar-refractivity contribution is 7.89. The van der Waals surface area contributed by atoms with Gasteiger partial charge in [0.1, 0.15) is 16.5 Å². The number of nitrogens with one attached hydrogen (secondary N) is 1. The summed E-state index contributed by atoms with van der Waals surface area (Å²) in [5.74, 6) is 1.94. The third-order valence-corrected chi connectivity index (χ3v) is 8.17. The molecule has 0 saturated carbocycles. The van der Waals surface area contributed by atoms with Gasteiger partial charge in [-0.05, 0) is 51.5 Å². The Labute approximate surface area is 177 Å². The van der Waals surface area contributed by atoms with Gasteiger partial charge in [-0.15, -0.1) is 0 Å². The number of fused-ring (bicyclic) bond motifs is 1. The first-order valence-corrected chi connectivity index (χ1v) is 11.7. The molecule has 0 amide bonds. The highest BCUT2D eigenvalue weighted by Crippen LogP contribution is 2.32. The van der Waals surface area contributed by atoms with Crippen LogP contribution in [0.5, 0.6) is 0 Å². The summed E-state index contributed by atoms with van der Waals surface area (Å²) in [5.41, 5.74) is 1.80. The summed E-state index contributed by atoms with van der Waals surface area (Å²) in [6.07, 6.45) is 2.60. The lowest BCUT2D eigenvalue weighted by Gasteiger charge is -2.31. The van der Waals surface area contributed by atoms with Crippen molar-refractivity contribution in [2.75, 3.05) is 39.0 Å². The minimum atomic E-state index is -3.69. The van der Waals surface area contributed by atoms with E-state index in [2.05, 4.69) is 17.3 Å². The van der Waals surface area contributed by atoms with E-state index in [0.29, 0.717) is 18.9 Å². The van der Waals surface area contributed by atoms with E-state index in [1.54, 1.807) is 24.3 Å². The van der Waals surface area contributed by atoms with Crippen molar-refractivity contribution in [2.45, 2.75) is 36.6 Å². The van der Waals surface area contributed by atoms with Crippen LogP contribution in [0.15, 0.2) is 29.2 Å². The Kier molecular flexibility index (Phi) is 5.79. The van der Waals surface area contributed by atoms with Crippen LogP contribution in [0.4, 0.5) is 5.82 Å². The lowest BCUT2D eigenvalue weighted by molar-refractivity contribution is 0.250. The Balaban J connectivity index is 1.66. The molecule has 29 heavy (non-hydrogen) atoms. The Morgan fingerprint density at radius 3 is 2.55 bits per heavy atom. The molecule has 1 N–H and O–H groups in total. The normalized spacial score (nSPS) is 19.1. The van der Waals surface area contributed by atoms with Gasteiger partial charge in [0, 0.05) is 25.1 Å². The van der Waals surface area contributed by atoms with Crippen molar-refractivity contribution in [3.63, 3.8) is 0 Å². The van der Waals surface area contributed by atoms with E-state index in [1.165, 1.54) is 4.31 Å². The fourth-order valence-corrected chi connectivity index (χ4v) is 5.98.